The minimum Gasteiger partial charge on any atom is -0.511 e. The van der Waals surface area contributed by atoms with E-state index in [2.05, 4.69) is 26.0 Å². The van der Waals surface area contributed by atoms with Crippen molar-refractivity contribution in [3.05, 3.63) is 35.1 Å². The summed E-state index contributed by atoms with van der Waals surface area (Å²) in [5.74, 6) is -0.00149. The highest BCUT2D eigenvalue weighted by Crippen LogP contribution is 2.58. The minimum atomic E-state index is -0.907. The molecular weight excluding hydrogens is 354 g/mol. The summed E-state index contributed by atoms with van der Waals surface area (Å²) in [6.07, 6.45) is 9.49. The van der Waals surface area contributed by atoms with E-state index in [9.17, 15) is 19.8 Å². The Morgan fingerprint density at radius 3 is 2.61 bits per heavy atom. The maximum atomic E-state index is 12.9. The largest absolute Gasteiger partial charge is 0.511 e. The first kappa shape index (κ1) is 20.8. The molecule has 5 nitrogen and oxygen atoms in total. The molecule has 6 unspecified atom stereocenters. The van der Waals surface area contributed by atoms with Crippen LogP contribution in [0.3, 0.4) is 0 Å². The summed E-state index contributed by atoms with van der Waals surface area (Å²) < 4.78 is 0. The number of hydrogen-bond donors (Lipinski definition) is 2. The number of aliphatic hydroxyl groups excluding tert-OH is 2. The highest BCUT2D eigenvalue weighted by molar-refractivity contribution is 6.26. The lowest BCUT2D eigenvalue weighted by molar-refractivity contribution is -0.126. The van der Waals surface area contributed by atoms with Crippen LogP contribution in [0.2, 0.25) is 0 Å². The number of nitrogens with zero attached hydrogens (tertiary/aromatic N) is 1. The smallest absolute Gasteiger partial charge is 0.261 e. The molecule has 0 aromatic heterocycles. The van der Waals surface area contributed by atoms with Crippen molar-refractivity contribution in [3.8, 4) is 0 Å². The number of rotatable bonds is 3. The third kappa shape index (κ3) is 2.95. The summed E-state index contributed by atoms with van der Waals surface area (Å²) in [6, 6.07) is -0.907. The summed E-state index contributed by atoms with van der Waals surface area (Å²) in [5.41, 5.74) is 0.320. The van der Waals surface area contributed by atoms with Crippen LogP contribution in [0.4, 0.5) is 0 Å². The molecule has 0 radical (unpaired) electrons. The van der Waals surface area contributed by atoms with Gasteiger partial charge >= 0.3 is 0 Å². The molecule has 1 heterocycles. The average molecular weight is 388 g/mol. The molecule has 1 saturated heterocycles. The fourth-order valence-electron chi connectivity index (χ4n) is 5.82. The predicted molar refractivity (Wildman–Crippen MR) is 108 cm³/mol. The van der Waals surface area contributed by atoms with Crippen molar-refractivity contribution in [3.63, 3.8) is 0 Å². The predicted octanol–water partition coefficient (Wildman–Crippen LogP) is 3.41. The van der Waals surface area contributed by atoms with Gasteiger partial charge in [-0.05, 0) is 44.4 Å². The summed E-state index contributed by atoms with van der Waals surface area (Å²) in [6.45, 7) is 7.87. The number of amides is 1. The Balaban J connectivity index is 2.19. The summed E-state index contributed by atoms with van der Waals surface area (Å²) in [4.78, 5) is 26.9. The molecule has 0 aromatic carbocycles. The quantitative estimate of drug-likeness (QED) is 0.337. The zero-order valence-electron chi connectivity index (χ0n) is 17.6. The number of carbonyl (C=O) groups excluding carboxylic acids is 2. The van der Waals surface area contributed by atoms with Gasteiger partial charge in [0.15, 0.2) is 5.78 Å². The number of Topliss-reactive ketones (excluding diaryl/α,β-unsaturated/α-hetero) is 1. The number of aliphatic hydroxyl groups is 2. The lowest BCUT2D eigenvalue weighted by Gasteiger charge is -2.52. The van der Waals surface area contributed by atoms with Crippen LogP contribution in [0.15, 0.2) is 35.1 Å². The van der Waals surface area contributed by atoms with Crippen LogP contribution in [-0.2, 0) is 9.59 Å². The van der Waals surface area contributed by atoms with Gasteiger partial charge in [0.1, 0.15) is 17.4 Å². The van der Waals surface area contributed by atoms with Gasteiger partial charge in [0.25, 0.3) is 5.91 Å². The molecule has 2 fully saturated rings. The second-order valence-electron chi connectivity index (χ2n) is 9.09. The number of ketones is 1. The van der Waals surface area contributed by atoms with E-state index in [0.29, 0.717) is 11.8 Å². The minimum absolute atomic E-state index is 0.0706. The van der Waals surface area contributed by atoms with E-state index in [1.54, 1.807) is 0 Å². The number of hydrogen-bond acceptors (Lipinski definition) is 4. The average Bonchev–Trinajstić information content (AvgIpc) is 2.86. The third-order valence-corrected chi connectivity index (χ3v) is 7.40. The van der Waals surface area contributed by atoms with Crippen LogP contribution in [0, 0.1) is 29.1 Å². The van der Waals surface area contributed by atoms with Gasteiger partial charge in [-0.1, -0.05) is 44.1 Å². The molecule has 2 N–H and O–H groups in total. The number of carbonyl (C=O) groups is 2. The van der Waals surface area contributed by atoms with E-state index in [1.807, 2.05) is 19.9 Å². The number of likely N-dealkylation sites (N-methyl/N-ethyl adjacent to an activating group) is 1. The molecule has 1 amide bonds. The first-order valence-corrected chi connectivity index (χ1v) is 10.3. The number of likely N-dealkylation sites (tertiary alicyclic amines) is 1. The highest BCUT2D eigenvalue weighted by Gasteiger charge is 2.55. The lowest BCUT2D eigenvalue weighted by Crippen LogP contribution is -2.46. The Morgan fingerprint density at radius 2 is 2.04 bits per heavy atom. The standard InChI is InChI=1S/C23H33NO4/c1-6-7-16-14(3)11-15-10-13(2)8-9-17(15)23(16,4)21(27)19-20(26)18(12-25)24(5)22(19)28/h6-7,11,13,15-18,25,27H,8-10,12H2,1-5H3/b7-6-,21-19+. The molecular formula is C23H33NO4. The van der Waals surface area contributed by atoms with E-state index in [0.717, 1.165) is 19.3 Å². The van der Waals surface area contributed by atoms with Crippen molar-refractivity contribution in [2.24, 2.45) is 29.1 Å². The Bertz CT molecular complexity index is 765. The maximum Gasteiger partial charge on any atom is 0.261 e. The zero-order chi connectivity index (χ0) is 20.8. The summed E-state index contributed by atoms with van der Waals surface area (Å²) >= 11 is 0. The maximum absolute atomic E-state index is 12.9. The van der Waals surface area contributed by atoms with Crippen LogP contribution >= 0.6 is 0 Å². The van der Waals surface area contributed by atoms with E-state index in [-0.39, 0.29) is 23.2 Å². The second kappa shape index (κ2) is 7.51. The molecule has 1 aliphatic heterocycles. The Labute approximate surface area is 167 Å². The van der Waals surface area contributed by atoms with Gasteiger partial charge < -0.3 is 15.1 Å². The molecule has 28 heavy (non-hydrogen) atoms. The van der Waals surface area contributed by atoms with Crippen LogP contribution in [-0.4, -0.2) is 46.5 Å². The van der Waals surface area contributed by atoms with E-state index >= 15 is 0 Å². The second-order valence-corrected chi connectivity index (χ2v) is 9.09. The topological polar surface area (TPSA) is 77.8 Å². The monoisotopic (exact) mass is 387 g/mol. The third-order valence-electron chi connectivity index (χ3n) is 7.40. The van der Waals surface area contributed by atoms with E-state index in [1.165, 1.54) is 17.5 Å². The molecule has 2 aliphatic carbocycles. The van der Waals surface area contributed by atoms with Gasteiger partial charge in [-0.3, -0.25) is 9.59 Å². The van der Waals surface area contributed by atoms with Gasteiger partial charge in [0.2, 0.25) is 0 Å². The van der Waals surface area contributed by atoms with Crippen molar-refractivity contribution >= 4 is 11.7 Å². The Hall–Kier alpha value is -1.88. The lowest BCUT2D eigenvalue weighted by atomic mass is 9.52. The van der Waals surface area contributed by atoms with Crippen molar-refractivity contribution in [1.82, 2.24) is 4.90 Å². The Morgan fingerprint density at radius 1 is 1.36 bits per heavy atom. The van der Waals surface area contributed by atoms with Crippen LogP contribution in [0.25, 0.3) is 0 Å². The van der Waals surface area contributed by atoms with Gasteiger partial charge in [-0.2, -0.15) is 0 Å². The Kier molecular flexibility index (Phi) is 5.59. The molecule has 5 heteroatoms. The van der Waals surface area contributed by atoms with Gasteiger partial charge in [-0.15, -0.1) is 0 Å². The first-order valence-electron chi connectivity index (χ1n) is 10.3. The summed E-state index contributed by atoms with van der Waals surface area (Å²) in [5, 5.41) is 21.0. The van der Waals surface area contributed by atoms with Crippen LogP contribution < -0.4 is 0 Å². The molecule has 6 atom stereocenters. The van der Waals surface area contributed by atoms with E-state index in [4.69, 9.17) is 0 Å². The highest BCUT2D eigenvalue weighted by atomic mass is 16.3. The molecule has 154 valence electrons. The molecule has 3 aliphatic rings. The van der Waals surface area contributed by atoms with Crippen molar-refractivity contribution in [2.45, 2.75) is 53.0 Å². The van der Waals surface area contributed by atoms with Crippen LogP contribution in [0.5, 0.6) is 0 Å². The molecule has 1 saturated carbocycles. The van der Waals surface area contributed by atoms with Gasteiger partial charge in [0.05, 0.1) is 6.61 Å². The fourth-order valence-corrected chi connectivity index (χ4v) is 5.82. The number of fused-ring (bicyclic) bond motifs is 1. The van der Waals surface area contributed by atoms with Crippen molar-refractivity contribution < 1.29 is 19.8 Å². The van der Waals surface area contributed by atoms with E-state index < -0.39 is 29.8 Å². The fraction of sp³-hybridized carbons (Fsp3) is 0.652. The SMILES string of the molecule is C/C=C\C1C(C)=CC2CC(C)CCC2C1(C)/C(O)=C1/C(=O)C(CO)N(C)C1=O. The normalized spacial score (nSPS) is 40.7. The molecule has 3 rings (SSSR count). The summed E-state index contributed by atoms with van der Waals surface area (Å²) in [7, 11) is 1.50. The molecule has 0 spiro atoms. The zero-order valence-corrected chi connectivity index (χ0v) is 17.6. The first-order chi connectivity index (χ1) is 13.2. The van der Waals surface area contributed by atoms with Crippen molar-refractivity contribution in [2.75, 3.05) is 13.7 Å². The number of allylic oxidation sites excluding steroid dienone is 5. The van der Waals surface area contributed by atoms with Gasteiger partial charge in [0, 0.05) is 18.4 Å². The van der Waals surface area contributed by atoms with Crippen LogP contribution in [0.1, 0.15) is 47.0 Å². The molecule has 0 aromatic rings. The molecule has 0 bridgehead atoms. The van der Waals surface area contributed by atoms with Crippen molar-refractivity contribution in [1.29, 1.82) is 0 Å². The van der Waals surface area contributed by atoms with Gasteiger partial charge in [-0.25, -0.2) is 0 Å².